The molecular weight excluding hydrogens is 276 g/mol. The molecular formula is C7H6Br2S. The molecule has 0 heterocycles. The topological polar surface area (TPSA) is 0 Å². The molecule has 0 radical (unpaired) electrons. The van der Waals surface area contributed by atoms with Gasteiger partial charge in [0.2, 0.25) is 0 Å². The summed E-state index contributed by atoms with van der Waals surface area (Å²) in [4.78, 5) is 1.25. The summed E-state index contributed by atoms with van der Waals surface area (Å²) in [7, 11) is 0. The van der Waals surface area contributed by atoms with Gasteiger partial charge in [0.15, 0.2) is 0 Å². The summed E-state index contributed by atoms with van der Waals surface area (Å²) in [5, 5.41) is 0. The molecule has 1 rings (SSSR count). The van der Waals surface area contributed by atoms with E-state index in [9.17, 15) is 0 Å². The number of hydrogen-bond acceptors (Lipinski definition) is 1. The highest BCUT2D eigenvalue weighted by atomic mass is 79.9. The maximum absolute atomic E-state index is 3.46. The van der Waals surface area contributed by atoms with E-state index in [0.29, 0.717) is 0 Å². The predicted octanol–water partition coefficient (Wildman–Crippen LogP) is 3.93. The highest BCUT2D eigenvalue weighted by molar-refractivity contribution is 9.11. The second-order valence-electron chi connectivity index (χ2n) is 1.75. The Bertz CT molecular complexity index is 215. The van der Waals surface area contributed by atoms with Crippen molar-refractivity contribution < 1.29 is 0 Å². The van der Waals surface area contributed by atoms with Gasteiger partial charge in [-0.25, -0.2) is 0 Å². The summed E-state index contributed by atoms with van der Waals surface area (Å²) in [5.41, 5.74) is 0. The van der Waals surface area contributed by atoms with Gasteiger partial charge in [-0.15, -0.1) is 11.8 Å². The van der Waals surface area contributed by atoms with Gasteiger partial charge in [-0.2, -0.15) is 0 Å². The van der Waals surface area contributed by atoms with E-state index >= 15 is 0 Å². The Balaban J connectivity index is 3.17. The fourth-order valence-corrected chi connectivity index (χ4v) is 3.17. The van der Waals surface area contributed by atoms with Gasteiger partial charge in [0, 0.05) is 13.8 Å². The third kappa shape index (κ3) is 1.77. The smallest absolute Gasteiger partial charge is 0.0354 e. The van der Waals surface area contributed by atoms with Gasteiger partial charge in [0.05, 0.1) is 0 Å². The molecule has 1 aromatic carbocycles. The van der Waals surface area contributed by atoms with E-state index in [4.69, 9.17) is 0 Å². The Morgan fingerprint density at radius 3 is 2.00 bits per heavy atom. The number of benzene rings is 1. The van der Waals surface area contributed by atoms with Crippen molar-refractivity contribution in [2.24, 2.45) is 0 Å². The molecule has 54 valence electrons. The third-order valence-corrected chi connectivity index (χ3v) is 3.82. The van der Waals surface area contributed by atoms with E-state index < -0.39 is 0 Å². The molecule has 0 unspecified atom stereocenters. The lowest BCUT2D eigenvalue weighted by atomic mass is 10.4. The molecule has 0 spiro atoms. The zero-order valence-corrected chi connectivity index (χ0v) is 9.38. The van der Waals surface area contributed by atoms with Gasteiger partial charge in [0.1, 0.15) is 0 Å². The average Bonchev–Trinajstić information content (AvgIpc) is 1.88. The van der Waals surface area contributed by atoms with Crippen LogP contribution in [0.1, 0.15) is 0 Å². The van der Waals surface area contributed by atoms with Crippen LogP contribution >= 0.6 is 43.6 Å². The Hall–Kier alpha value is 0.530. The first kappa shape index (κ1) is 8.62. The summed E-state index contributed by atoms with van der Waals surface area (Å²) < 4.78 is 2.30. The predicted molar refractivity (Wildman–Crippen MR) is 53.6 cm³/mol. The zero-order chi connectivity index (χ0) is 7.56. The second kappa shape index (κ2) is 3.79. The summed E-state index contributed by atoms with van der Waals surface area (Å²) in [6.07, 6.45) is 2.06. The molecule has 0 saturated carbocycles. The standard InChI is InChI=1S/C7H6Br2S/c1-10-7-5(8)3-2-4-6(7)9/h2-4H,1H3. The Kier molecular flexibility index (Phi) is 3.27. The van der Waals surface area contributed by atoms with Gasteiger partial charge in [-0.05, 0) is 50.2 Å². The SMILES string of the molecule is CSc1c(Br)cccc1Br. The first-order valence-electron chi connectivity index (χ1n) is 2.73. The lowest BCUT2D eigenvalue weighted by molar-refractivity contribution is 1.36. The summed E-state index contributed by atoms with van der Waals surface area (Å²) in [5.74, 6) is 0. The van der Waals surface area contributed by atoms with Gasteiger partial charge in [0.25, 0.3) is 0 Å². The molecule has 0 aliphatic rings. The number of thioether (sulfide) groups is 1. The molecule has 0 nitrogen and oxygen atoms in total. The minimum Gasteiger partial charge on any atom is -0.127 e. The van der Waals surface area contributed by atoms with Crippen LogP contribution in [0.2, 0.25) is 0 Å². The minimum atomic E-state index is 1.15. The van der Waals surface area contributed by atoms with Crippen LogP contribution in [-0.2, 0) is 0 Å². The average molecular weight is 282 g/mol. The number of halogens is 2. The van der Waals surface area contributed by atoms with E-state index in [2.05, 4.69) is 38.1 Å². The van der Waals surface area contributed by atoms with E-state index in [0.717, 1.165) is 8.95 Å². The third-order valence-electron chi connectivity index (χ3n) is 1.12. The fraction of sp³-hybridized carbons (Fsp3) is 0.143. The Morgan fingerprint density at radius 2 is 1.70 bits per heavy atom. The van der Waals surface area contributed by atoms with Gasteiger partial charge in [-0.3, -0.25) is 0 Å². The van der Waals surface area contributed by atoms with Crippen LogP contribution < -0.4 is 0 Å². The maximum atomic E-state index is 3.46. The molecule has 0 saturated heterocycles. The van der Waals surface area contributed by atoms with Crippen molar-refractivity contribution in [3.05, 3.63) is 27.1 Å². The van der Waals surface area contributed by atoms with Gasteiger partial charge in [-0.1, -0.05) is 6.07 Å². The van der Waals surface area contributed by atoms with Crippen molar-refractivity contribution in [3.8, 4) is 0 Å². The quantitative estimate of drug-likeness (QED) is 0.703. The van der Waals surface area contributed by atoms with E-state index in [1.807, 2.05) is 18.2 Å². The molecule has 0 bridgehead atoms. The lowest BCUT2D eigenvalue weighted by Crippen LogP contribution is -1.74. The first-order valence-corrected chi connectivity index (χ1v) is 5.55. The van der Waals surface area contributed by atoms with E-state index in [1.165, 1.54) is 4.90 Å². The molecule has 0 aromatic heterocycles. The molecule has 0 aliphatic carbocycles. The number of rotatable bonds is 1. The summed E-state index contributed by atoms with van der Waals surface area (Å²) in [6.45, 7) is 0. The number of hydrogen-bond donors (Lipinski definition) is 0. The van der Waals surface area contributed by atoms with Crippen LogP contribution in [0.3, 0.4) is 0 Å². The molecule has 1 aromatic rings. The molecule has 10 heavy (non-hydrogen) atoms. The largest absolute Gasteiger partial charge is 0.127 e. The van der Waals surface area contributed by atoms with Crippen molar-refractivity contribution in [2.45, 2.75) is 4.90 Å². The lowest BCUT2D eigenvalue weighted by Gasteiger charge is -2.01. The molecule has 0 aliphatic heterocycles. The molecule has 0 amide bonds. The van der Waals surface area contributed by atoms with Crippen molar-refractivity contribution in [2.75, 3.05) is 6.26 Å². The highest BCUT2D eigenvalue weighted by Crippen LogP contribution is 2.32. The molecule has 0 fully saturated rings. The van der Waals surface area contributed by atoms with Gasteiger partial charge < -0.3 is 0 Å². The van der Waals surface area contributed by atoms with Gasteiger partial charge >= 0.3 is 0 Å². The Morgan fingerprint density at radius 1 is 1.20 bits per heavy atom. The molecule has 0 N–H and O–H groups in total. The van der Waals surface area contributed by atoms with Crippen LogP contribution in [0.25, 0.3) is 0 Å². The van der Waals surface area contributed by atoms with Crippen molar-refractivity contribution in [1.29, 1.82) is 0 Å². The fourth-order valence-electron chi connectivity index (χ4n) is 0.678. The van der Waals surface area contributed by atoms with E-state index in [1.54, 1.807) is 11.8 Å². The van der Waals surface area contributed by atoms with Crippen molar-refractivity contribution >= 4 is 43.6 Å². The minimum absolute atomic E-state index is 1.15. The van der Waals surface area contributed by atoms with Crippen LogP contribution in [0.5, 0.6) is 0 Å². The van der Waals surface area contributed by atoms with Crippen molar-refractivity contribution in [3.63, 3.8) is 0 Å². The maximum Gasteiger partial charge on any atom is 0.0354 e. The molecule has 0 atom stereocenters. The van der Waals surface area contributed by atoms with Crippen LogP contribution in [0, 0.1) is 0 Å². The normalized spacial score (nSPS) is 9.90. The summed E-state index contributed by atoms with van der Waals surface area (Å²) >= 11 is 8.64. The van der Waals surface area contributed by atoms with Crippen LogP contribution in [0.15, 0.2) is 32.0 Å². The van der Waals surface area contributed by atoms with Crippen LogP contribution in [0.4, 0.5) is 0 Å². The summed E-state index contributed by atoms with van der Waals surface area (Å²) in [6, 6.07) is 6.08. The monoisotopic (exact) mass is 280 g/mol. The molecule has 3 heteroatoms. The van der Waals surface area contributed by atoms with Crippen LogP contribution in [-0.4, -0.2) is 6.26 Å². The van der Waals surface area contributed by atoms with E-state index in [-0.39, 0.29) is 0 Å². The highest BCUT2D eigenvalue weighted by Gasteiger charge is 2.00. The second-order valence-corrected chi connectivity index (χ2v) is 4.28. The Labute approximate surface area is 81.7 Å². The first-order chi connectivity index (χ1) is 4.75. The zero-order valence-electron chi connectivity index (χ0n) is 5.40. The van der Waals surface area contributed by atoms with Crippen molar-refractivity contribution in [1.82, 2.24) is 0 Å².